The Labute approximate surface area is 75.3 Å². The number of nitrogens with one attached hydrogen (secondary N) is 1. The summed E-state index contributed by atoms with van der Waals surface area (Å²) in [5.74, 6) is 0.607. The van der Waals surface area contributed by atoms with E-state index in [9.17, 15) is 0 Å². The van der Waals surface area contributed by atoms with Gasteiger partial charge in [0, 0.05) is 5.56 Å². The third-order valence-electron chi connectivity index (χ3n) is 1.69. The minimum atomic E-state index is 0.607. The van der Waals surface area contributed by atoms with Crippen molar-refractivity contribution < 1.29 is 0 Å². The number of rotatable bonds is 2. The van der Waals surface area contributed by atoms with Crippen LogP contribution in [0, 0.1) is 6.07 Å². The molecule has 4 nitrogen and oxygen atoms in total. The molecule has 1 N–H and O–H groups in total. The second-order valence-corrected chi connectivity index (χ2v) is 2.45. The van der Waals surface area contributed by atoms with Crippen LogP contribution in [0.25, 0.3) is 17.5 Å². The Morgan fingerprint density at radius 2 is 2.46 bits per heavy atom. The molecule has 0 atom stereocenters. The molecule has 0 saturated heterocycles. The lowest BCUT2D eigenvalue weighted by Gasteiger charge is -1.98. The Balaban J connectivity index is 2.57. The number of hydrogen-bond acceptors (Lipinski definition) is 3. The van der Waals surface area contributed by atoms with Crippen LogP contribution >= 0.6 is 0 Å². The topological polar surface area (TPSA) is 54.5 Å². The van der Waals surface area contributed by atoms with Crippen LogP contribution in [-0.4, -0.2) is 20.6 Å². The zero-order chi connectivity index (χ0) is 9.10. The van der Waals surface area contributed by atoms with E-state index in [0.717, 1.165) is 11.1 Å². The number of H-pyrrole nitrogens is 1. The number of aromatic nitrogens is 4. The quantitative estimate of drug-likeness (QED) is 0.741. The van der Waals surface area contributed by atoms with Crippen molar-refractivity contribution in [2.75, 3.05) is 0 Å². The van der Waals surface area contributed by atoms with Crippen LogP contribution in [0.1, 0.15) is 5.56 Å². The maximum absolute atomic E-state index is 3.80. The molecule has 0 amide bonds. The summed E-state index contributed by atoms with van der Waals surface area (Å²) in [5, 5.41) is 13.5. The molecule has 1 aromatic heterocycles. The molecule has 0 aliphatic heterocycles. The number of tetrazole rings is 1. The molecular formula is C9H7N4. The minimum absolute atomic E-state index is 0.607. The molecule has 0 spiro atoms. The average molecular weight is 171 g/mol. The maximum Gasteiger partial charge on any atom is 0.180 e. The number of hydrogen-bond donors (Lipinski definition) is 1. The molecule has 1 heterocycles. The van der Waals surface area contributed by atoms with E-state index in [-0.39, 0.29) is 0 Å². The molecule has 2 rings (SSSR count). The molecular weight excluding hydrogens is 164 g/mol. The first-order valence-corrected chi connectivity index (χ1v) is 3.79. The highest BCUT2D eigenvalue weighted by Gasteiger charge is 2.04. The van der Waals surface area contributed by atoms with E-state index in [1.54, 1.807) is 6.08 Å². The van der Waals surface area contributed by atoms with Crippen molar-refractivity contribution in [3.8, 4) is 11.4 Å². The number of nitrogens with zero attached hydrogens (tertiary/aromatic N) is 3. The summed E-state index contributed by atoms with van der Waals surface area (Å²) in [4.78, 5) is 0. The Kier molecular flexibility index (Phi) is 1.88. The fourth-order valence-electron chi connectivity index (χ4n) is 1.09. The van der Waals surface area contributed by atoms with Crippen LogP contribution in [0.4, 0.5) is 0 Å². The molecule has 0 aliphatic carbocycles. The molecule has 0 fully saturated rings. The predicted octanol–water partition coefficient (Wildman–Crippen LogP) is 1.31. The second-order valence-electron chi connectivity index (χ2n) is 2.45. The third-order valence-corrected chi connectivity index (χ3v) is 1.69. The normalized spacial score (nSPS) is 9.85. The first-order chi connectivity index (χ1) is 6.42. The minimum Gasteiger partial charge on any atom is -0.239 e. The summed E-state index contributed by atoms with van der Waals surface area (Å²) >= 11 is 0. The van der Waals surface area contributed by atoms with Gasteiger partial charge in [0.2, 0.25) is 0 Å². The van der Waals surface area contributed by atoms with Crippen LogP contribution in [-0.2, 0) is 0 Å². The fourth-order valence-corrected chi connectivity index (χ4v) is 1.09. The summed E-state index contributed by atoms with van der Waals surface area (Å²) in [6.45, 7) is 3.70. The average Bonchev–Trinajstić information content (AvgIpc) is 2.70. The molecule has 0 unspecified atom stereocenters. The van der Waals surface area contributed by atoms with Crippen molar-refractivity contribution in [3.63, 3.8) is 0 Å². The Morgan fingerprint density at radius 3 is 3.15 bits per heavy atom. The molecule has 1 radical (unpaired) electrons. The van der Waals surface area contributed by atoms with Gasteiger partial charge in [-0.25, -0.2) is 5.10 Å². The lowest BCUT2D eigenvalue weighted by molar-refractivity contribution is 0.881. The number of aromatic amines is 1. The molecule has 1 aromatic carbocycles. The van der Waals surface area contributed by atoms with E-state index in [0.29, 0.717) is 5.82 Å². The highest BCUT2D eigenvalue weighted by molar-refractivity contribution is 5.68. The molecule has 63 valence electrons. The summed E-state index contributed by atoms with van der Waals surface area (Å²) in [6, 6.07) is 8.68. The van der Waals surface area contributed by atoms with Gasteiger partial charge in [0.15, 0.2) is 5.82 Å². The molecule has 0 bridgehead atoms. The van der Waals surface area contributed by atoms with Gasteiger partial charge in [-0.2, -0.15) is 0 Å². The van der Waals surface area contributed by atoms with Crippen molar-refractivity contribution in [2.24, 2.45) is 0 Å². The highest BCUT2D eigenvalue weighted by atomic mass is 15.5. The first kappa shape index (κ1) is 7.67. The van der Waals surface area contributed by atoms with Crippen LogP contribution in [0.5, 0.6) is 0 Å². The van der Waals surface area contributed by atoms with Gasteiger partial charge in [-0.3, -0.25) is 0 Å². The largest absolute Gasteiger partial charge is 0.239 e. The standard InChI is InChI=1S/C9H7N4/c1-2-7-5-3-4-6-8(7)9-10-12-13-11-9/h2-5H,1H2,(H,10,11,12,13). The van der Waals surface area contributed by atoms with Gasteiger partial charge in [-0.15, -0.1) is 5.10 Å². The molecule has 4 heteroatoms. The Bertz CT molecular complexity index is 405. The highest BCUT2D eigenvalue weighted by Crippen LogP contribution is 2.18. The third kappa shape index (κ3) is 1.33. The Morgan fingerprint density at radius 1 is 1.54 bits per heavy atom. The predicted molar refractivity (Wildman–Crippen MR) is 48.5 cm³/mol. The van der Waals surface area contributed by atoms with Gasteiger partial charge in [-0.05, 0) is 22.1 Å². The van der Waals surface area contributed by atoms with E-state index < -0.39 is 0 Å². The summed E-state index contributed by atoms with van der Waals surface area (Å²) in [6.07, 6.45) is 1.74. The van der Waals surface area contributed by atoms with Crippen LogP contribution in [0.15, 0.2) is 24.8 Å². The Hall–Kier alpha value is -1.97. The van der Waals surface area contributed by atoms with Crippen LogP contribution in [0.2, 0.25) is 0 Å². The fraction of sp³-hybridized carbons (Fsp3) is 0. The monoisotopic (exact) mass is 171 g/mol. The first-order valence-electron chi connectivity index (χ1n) is 3.79. The summed E-state index contributed by atoms with van der Waals surface area (Å²) < 4.78 is 0. The van der Waals surface area contributed by atoms with E-state index in [1.165, 1.54) is 0 Å². The van der Waals surface area contributed by atoms with Crippen molar-refractivity contribution in [1.82, 2.24) is 20.6 Å². The van der Waals surface area contributed by atoms with E-state index in [4.69, 9.17) is 0 Å². The summed E-state index contributed by atoms with van der Waals surface area (Å²) in [7, 11) is 0. The second kappa shape index (κ2) is 3.18. The zero-order valence-corrected chi connectivity index (χ0v) is 6.86. The van der Waals surface area contributed by atoms with Gasteiger partial charge in [0.05, 0.1) is 0 Å². The van der Waals surface area contributed by atoms with Gasteiger partial charge in [0.25, 0.3) is 0 Å². The number of benzene rings is 1. The van der Waals surface area contributed by atoms with Crippen molar-refractivity contribution in [1.29, 1.82) is 0 Å². The van der Waals surface area contributed by atoms with Crippen molar-refractivity contribution in [2.45, 2.75) is 0 Å². The maximum atomic E-state index is 3.80. The molecule has 0 saturated carbocycles. The van der Waals surface area contributed by atoms with Gasteiger partial charge in [0.1, 0.15) is 0 Å². The van der Waals surface area contributed by atoms with E-state index in [2.05, 4.69) is 33.3 Å². The van der Waals surface area contributed by atoms with E-state index in [1.807, 2.05) is 18.2 Å². The van der Waals surface area contributed by atoms with Crippen molar-refractivity contribution >= 4 is 6.08 Å². The van der Waals surface area contributed by atoms with E-state index >= 15 is 0 Å². The zero-order valence-electron chi connectivity index (χ0n) is 6.86. The van der Waals surface area contributed by atoms with Crippen LogP contribution < -0.4 is 0 Å². The lowest BCUT2D eigenvalue weighted by Crippen LogP contribution is -1.85. The SMILES string of the molecule is C=Cc1ccc[c]c1-c1nnn[nH]1. The molecule has 0 aliphatic rings. The molecule has 2 aromatic rings. The molecule has 13 heavy (non-hydrogen) atoms. The van der Waals surface area contributed by atoms with Crippen LogP contribution in [0.3, 0.4) is 0 Å². The van der Waals surface area contributed by atoms with Gasteiger partial charge >= 0.3 is 0 Å². The van der Waals surface area contributed by atoms with Crippen molar-refractivity contribution in [3.05, 3.63) is 36.4 Å². The lowest BCUT2D eigenvalue weighted by atomic mass is 10.1. The smallest absolute Gasteiger partial charge is 0.180 e. The summed E-state index contributed by atoms with van der Waals surface area (Å²) in [5.41, 5.74) is 1.79. The van der Waals surface area contributed by atoms with Gasteiger partial charge < -0.3 is 0 Å². The van der Waals surface area contributed by atoms with Gasteiger partial charge in [-0.1, -0.05) is 30.9 Å².